The number of fused-ring (bicyclic) bond motifs is 1. The fourth-order valence-electron chi connectivity index (χ4n) is 2.61. The first-order valence-corrected chi connectivity index (χ1v) is 7.66. The van der Waals surface area contributed by atoms with Crippen LogP contribution in [0.4, 0.5) is 5.69 Å². The fraction of sp³-hybridized carbons (Fsp3) is 0.333. The van der Waals surface area contributed by atoms with Crippen LogP contribution in [0.15, 0.2) is 48.5 Å². The first-order valence-electron chi connectivity index (χ1n) is 7.66. The van der Waals surface area contributed by atoms with Gasteiger partial charge in [-0.1, -0.05) is 24.3 Å². The molecular formula is C18H21NO3. The molecule has 22 heavy (non-hydrogen) atoms. The molecule has 116 valence electrons. The molecule has 1 aliphatic rings. The Morgan fingerprint density at radius 2 is 2.00 bits per heavy atom. The lowest BCUT2D eigenvalue weighted by molar-refractivity contribution is 0.277. The molecule has 1 aliphatic heterocycles. The van der Waals surface area contributed by atoms with Crippen molar-refractivity contribution in [2.45, 2.75) is 13.0 Å². The summed E-state index contributed by atoms with van der Waals surface area (Å²) in [6.45, 7) is 3.24. The van der Waals surface area contributed by atoms with Gasteiger partial charge in [-0.05, 0) is 36.2 Å². The molecular weight excluding hydrogens is 278 g/mol. The predicted molar refractivity (Wildman–Crippen MR) is 86.6 cm³/mol. The van der Waals surface area contributed by atoms with Crippen LogP contribution >= 0.6 is 0 Å². The van der Waals surface area contributed by atoms with Crippen molar-refractivity contribution in [3.8, 4) is 11.5 Å². The zero-order valence-electron chi connectivity index (χ0n) is 12.6. The number of aliphatic hydroxyl groups is 1. The van der Waals surface area contributed by atoms with Gasteiger partial charge in [-0.3, -0.25) is 0 Å². The number of aliphatic hydroxyl groups excluding tert-OH is 1. The van der Waals surface area contributed by atoms with Crippen LogP contribution in [-0.4, -0.2) is 31.4 Å². The number of ether oxygens (including phenoxy) is 2. The van der Waals surface area contributed by atoms with Crippen molar-refractivity contribution in [1.82, 2.24) is 0 Å². The van der Waals surface area contributed by atoms with Crippen LogP contribution in [0.3, 0.4) is 0 Å². The van der Waals surface area contributed by atoms with E-state index in [9.17, 15) is 5.11 Å². The highest BCUT2D eigenvalue weighted by atomic mass is 16.5. The molecule has 4 heteroatoms. The molecule has 0 fully saturated rings. The van der Waals surface area contributed by atoms with E-state index in [4.69, 9.17) is 9.47 Å². The first-order chi connectivity index (χ1) is 10.9. The minimum atomic E-state index is 0.0432. The average Bonchev–Trinajstić information content (AvgIpc) is 2.59. The Kier molecular flexibility index (Phi) is 4.81. The SMILES string of the molecule is OCc1ccc2c(c1)OCCN2CCCOc1ccccc1. The van der Waals surface area contributed by atoms with E-state index in [1.807, 2.05) is 48.5 Å². The number of hydrogen-bond acceptors (Lipinski definition) is 4. The topological polar surface area (TPSA) is 41.9 Å². The third-order valence-electron chi connectivity index (χ3n) is 3.75. The van der Waals surface area contributed by atoms with Gasteiger partial charge < -0.3 is 19.5 Å². The van der Waals surface area contributed by atoms with Gasteiger partial charge in [0, 0.05) is 6.54 Å². The Hall–Kier alpha value is -2.20. The summed E-state index contributed by atoms with van der Waals surface area (Å²) in [5.74, 6) is 1.78. The summed E-state index contributed by atoms with van der Waals surface area (Å²) in [4.78, 5) is 2.31. The van der Waals surface area contributed by atoms with Crippen molar-refractivity contribution in [2.24, 2.45) is 0 Å². The van der Waals surface area contributed by atoms with Gasteiger partial charge in [0.05, 0.1) is 25.4 Å². The zero-order valence-corrected chi connectivity index (χ0v) is 12.6. The van der Waals surface area contributed by atoms with Gasteiger partial charge in [-0.15, -0.1) is 0 Å². The predicted octanol–water partition coefficient (Wildman–Crippen LogP) is 2.85. The second-order valence-corrected chi connectivity index (χ2v) is 5.31. The Bertz CT molecular complexity index is 601. The number of hydrogen-bond donors (Lipinski definition) is 1. The third-order valence-corrected chi connectivity index (χ3v) is 3.75. The molecule has 3 rings (SSSR count). The fourth-order valence-corrected chi connectivity index (χ4v) is 2.61. The van der Waals surface area contributed by atoms with Crippen molar-refractivity contribution in [2.75, 3.05) is 31.2 Å². The molecule has 2 aromatic rings. The lowest BCUT2D eigenvalue weighted by atomic mass is 10.1. The van der Waals surface area contributed by atoms with E-state index in [0.717, 1.165) is 42.3 Å². The van der Waals surface area contributed by atoms with E-state index >= 15 is 0 Å². The highest BCUT2D eigenvalue weighted by Crippen LogP contribution is 2.32. The standard InChI is InChI=1S/C18H21NO3/c20-14-15-7-8-17-18(13-15)22-12-10-19(17)9-4-11-21-16-5-2-1-3-6-16/h1-3,5-8,13,20H,4,9-12,14H2. The molecule has 0 radical (unpaired) electrons. The van der Waals surface area contributed by atoms with Gasteiger partial charge in [-0.2, -0.15) is 0 Å². The molecule has 0 aliphatic carbocycles. The Balaban J connectivity index is 1.54. The van der Waals surface area contributed by atoms with Crippen LogP contribution in [0, 0.1) is 0 Å². The van der Waals surface area contributed by atoms with Gasteiger partial charge >= 0.3 is 0 Å². The summed E-state index contributed by atoms with van der Waals surface area (Å²) < 4.78 is 11.4. The monoisotopic (exact) mass is 299 g/mol. The molecule has 2 aromatic carbocycles. The molecule has 0 amide bonds. The summed E-state index contributed by atoms with van der Waals surface area (Å²) in [5.41, 5.74) is 1.98. The van der Waals surface area contributed by atoms with Gasteiger partial charge in [0.25, 0.3) is 0 Å². The van der Waals surface area contributed by atoms with E-state index in [1.54, 1.807) is 0 Å². The average molecular weight is 299 g/mol. The van der Waals surface area contributed by atoms with Crippen LogP contribution < -0.4 is 14.4 Å². The van der Waals surface area contributed by atoms with Gasteiger partial charge in [0.2, 0.25) is 0 Å². The summed E-state index contributed by atoms with van der Waals surface area (Å²) in [6, 6.07) is 15.8. The Morgan fingerprint density at radius 3 is 2.82 bits per heavy atom. The third kappa shape index (κ3) is 3.52. The van der Waals surface area contributed by atoms with Crippen LogP contribution in [0.25, 0.3) is 0 Å². The molecule has 0 spiro atoms. The van der Waals surface area contributed by atoms with Crippen molar-refractivity contribution < 1.29 is 14.6 Å². The second-order valence-electron chi connectivity index (χ2n) is 5.31. The summed E-state index contributed by atoms with van der Waals surface area (Å²) in [7, 11) is 0. The Morgan fingerprint density at radius 1 is 1.14 bits per heavy atom. The molecule has 4 nitrogen and oxygen atoms in total. The second kappa shape index (κ2) is 7.18. The summed E-state index contributed by atoms with van der Waals surface area (Å²) >= 11 is 0. The van der Waals surface area contributed by atoms with E-state index in [0.29, 0.717) is 13.2 Å². The molecule has 0 atom stereocenters. The molecule has 0 bridgehead atoms. The van der Waals surface area contributed by atoms with Crippen LogP contribution in [-0.2, 0) is 6.61 Å². The van der Waals surface area contributed by atoms with Crippen molar-refractivity contribution in [3.05, 3.63) is 54.1 Å². The number of nitrogens with zero attached hydrogens (tertiary/aromatic N) is 1. The maximum atomic E-state index is 9.20. The summed E-state index contributed by atoms with van der Waals surface area (Å²) in [5, 5.41) is 9.20. The van der Waals surface area contributed by atoms with Gasteiger partial charge in [0.1, 0.15) is 18.1 Å². The largest absolute Gasteiger partial charge is 0.494 e. The molecule has 0 aromatic heterocycles. The van der Waals surface area contributed by atoms with Gasteiger partial charge in [-0.25, -0.2) is 0 Å². The minimum Gasteiger partial charge on any atom is -0.494 e. The zero-order chi connectivity index (χ0) is 15.2. The highest BCUT2D eigenvalue weighted by Gasteiger charge is 2.17. The van der Waals surface area contributed by atoms with Crippen LogP contribution in [0.2, 0.25) is 0 Å². The summed E-state index contributed by atoms with van der Waals surface area (Å²) in [6.07, 6.45) is 0.954. The van der Waals surface area contributed by atoms with Crippen molar-refractivity contribution >= 4 is 5.69 Å². The van der Waals surface area contributed by atoms with Crippen molar-refractivity contribution in [1.29, 1.82) is 0 Å². The normalized spacial score (nSPS) is 13.4. The first kappa shape index (κ1) is 14.7. The molecule has 0 unspecified atom stereocenters. The molecule has 1 heterocycles. The van der Waals surface area contributed by atoms with Crippen molar-refractivity contribution in [3.63, 3.8) is 0 Å². The Labute approximate surface area is 130 Å². The van der Waals surface area contributed by atoms with Crippen LogP contribution in [0.5, 0.6) is 11.5 Å². The minimum absolute atomic E-state index is 0.0432. The van der Waals surface area contributed by atoms with E-state index < -0.39 is 0 Å². The number of rotatable bonds is 6. The highest BCUT2D eigenvalue weighted by molar-refractivity contribution is 5.61. The lowest BCUT2D eigenvalue weighted by Crippen LogP contribution is -2.34. The van der Waals surface area contributed by atoms with Crippen LogP contribution in [0.1, 0.15) is 12.0 Å². The van der Waals surface area contributed by atoms with E-state index in [1.165, 1.54) is 0 Å². The maximum Gasteiger partial charge on any atom is 0.143 e. The smallest absolute Gasteiger partial charge is 0.143 e. The van der Waals surface area contributed by atoms with Gasteiger partial charge in [0.15, 0.2) is 0 Å². The quantitative estimate of drug-likeness (QED) is 0.833. The van der Waals surface area contributed by atoms with E-state index in [2.05, 4.69) is 4.90 Å². The number of benzene rings is 2. The molecule has 1 N–H and O–H groups in total. The maximum absolute atomic E-state index is 9.20. The lowest BCUT2D eigenvalue weighted by Gasteiger charge is -2.31. The number of para-hydroxylation sites is 1. The molecule has 0 saturated heterocycles. The molecule has 0 saturated carbocycles. The van der Waals surface area contributed by atoms with E-state index in [-0.39, 0.29) is 6.61 Å². The number of anilines is 1.